The zero-order valence-corrected chi connectivity index (χ0v) is 10.0. The van der Waals surface area contributed by atoms with Gasteiger partial charge in [0, 0.05) is 0 Å². The lowest BCUT2D eigenvalue weighted by molar-refractivity contribution is -0.109. The van der Waals surface area contributed by atoms with Crippen molar-refractivity contribution in [3.05, 3.63) is 35.6 Å². The Bertz CT molecular complexity index is 447. The summed E-state index contributed by atoms with van der Waals surface area (Å²) >= 11 is 0. The van der Waals surface area contributed by atoms with Gasteiger partial charge in [-0.15, -0.1) is 0 Å². The van der Waals surface area contributed by atoms with Gasteiger partial charge in [-0.05, 0) is 18.1 Å². The zero-order valence-electron chi connectivity index (χ0n) is 9.15. The van der Waals surface area contributed by atoms with Gasteiger partial charge < -0.3 is 9.42 Å². The molecule has 1 unspecified atom stereocenters. The van der Waals surface area contributed by atoms with Crippen LogP contribution < -0.4 is 0 Å². The van der Waals surface area contributed by atoms with Crippen LogP contribution in [0.4, 0.5) is 17.6 Å². The van der Waals surface area contributed by atoms with Crippen molar-refractivity contribution in [1.29, 1.82) is 0 Å². The fraction of sp³-hybridized carbons (Fsp3) is 0.400. The first-order chi connectivity index (χ1) is 8.20. The van der Waals surface area contributed by atoms with E-state index in [4.69, 9.17) is 4.89 Å². The van der Waals surface area contributed by atoms with Gasteiger partial charge in [-0.1, -0.05) is 18.2 Å². The van der Waals surface area contributed by atoms with Crippen molar-refractivity contribution in [3.63, 3.8) is 0 Å². The number of benzene rings is 1. The van der Waals surface area contributed by atoms with Crippen LogP contribution in [0.25, 0.3) is 0 Å². The van der Waals surface area contributed by atoms with E-state index in [1.807, 2.05) is 0 Å². The predicted molar refractivity (Wildman–Crippen MR) is 56.8 cm³/mol. The van der Waals surface area contributed by atoms with Gasteiger partial charge in [0.2, 0.25) is 0 Å². The predicted octanol–water partition coefficient (Wildman–Crippen LogP) is 3.13. The maximum absolute atomic E-state index is 13.1. The molecule has 1 rings (SSSR count). The Morgan fingerprint density at radius 3 is 2.44 bits per heavy atom. The molecule has 0 saturated heterocycles. The Morgan fingerprint density at radius 2 is 1.89 bits per heavy atom. The Labute approximate surface area is 101 Å². The SMILES string of the molecule is O=P(O)(CC(F)(F)F)OCCc1ccccc1F. The Hall–Kier alpha value is -0.910. The second-order valence-corrected chi connectivity index (χ2v) is 5.43. The molecule has 0 aliphatic carbocycles. The Kier molecular flexibility index (Phi) is 4.90. The molecule has 0 amide bonds. The molecule has 8 heteroatoms. The number of hydrogen-bond acceptors (Lipinski definition) is 2. The summed E-state index contributed by atoms with van der Waals surface area (Å²) in [4.78, 5) is 8.92. The van der Waals surface area contributed by atoms with Crippen molar-refractivity contribution in [3.8, 4) is 0 Å². The van der Waals surface area contributed by atoms with Crippen LogP contribution in [0.2, 0.25) is 0 Å². The topological polar surface area (TPSA) is 46.5 Å². The van der Waals surface area contributed by atoms with E-state index in [2.05, 4.69) is 4.52 Å². The molecule has 0 saturated carbocycles. The highest BCUT2D eigenvalue weighted by Gasteiger charge is 2.39. The van der Waals surface area contributed by atoms with Crippen LogP contribution >= 0.6 is 7.60 Å². The normalized spacial score (nSPS) is 15.4. The molecule has 0 spiro atoms. The van der Waals surface area contributed by atoms with Crippen molar-refractivity contribution in [2.45, 2.75) is 12.6 Å². The summed E-state index contributed by atoms with van der Waals surface area (Å²) in [5.41, 5.74) is 0.213. The van der Waals surface area contributed by atoms with Crippen LogP contribution in [0.1, 0.15) is 5.56 Å². The van der Waals surface area contributed by atoms with Gasteiger partial charge in [-0.3, -0.25) is 4.57 Å². The van der Waals surface area contributed by atoms with Gasteiger partial charge in [0.25, 0.3) is 0 Å². The van der Waals surface area contributed by atoms with E-state index in [1.54, 1.807) is 6.07 Å². The minimum Gasteiger partial charge on any atom is -0.324 e. The molecule has 0 radical (unpaired) electrons. The van der Waals surface area contributed by atoms with Crippen molar-refractivity contribution in [1.82, 2.24) is 0 Å². The molecule has 0 bridgehead atoms. The van der Waals surface area contributed by atoms with Crippen LogP contribution in [0, 0.1) is 5.82 Å². The molecule has 1 aromatic rings. The summed E-state index contributed by atoms with van der Waals surface area (Å²) in [6.07, 6.45) is -6.76. The van der Waals surface area contributed by atoms with Crippen LogP contribution in [0.5, 0.6) is 0 Å². The lowest BCUT2D eigenvalue weighted by Gasteiger charge is -2.14. The van der Waals surface area contributed by atoms with Gasteiger partial charge in [0.05, 0.1) is 6.61 Å². The fourth-order valence-electron chi connectivity index (χ4n) is 1.27. The molecule has 0 aliphatic heterocycles. The third-order valence-electron chi connectivity index (χ3n) is 2.00. The standard InChI is InChI=1S/C10H11F4O3P/c11-9-4-2-1-3-8(9)5-6-17-18(15,16)7-10(12,13)14/h1-4H,5-7H2,(H,15,16). The molecule has 1 aromatic carbocycles. The van der Waals surface area contributed by atoms with E-state index in [9.17, 15) is 22.1 Å². The summed E-state index contributed by atoms with van der Waals surface area (Å²) in [5, 5.41) is 0. The molecule has 18 heavy (non-hydrogen) atoms. The molecular weight excluding hydrogens is 275 g/mol. The summed E-state index contributed by atoms with van der Waals surface area (Å²) in [7, 11) is -4.71. The quantitative estimate of drug-likeness (QED) is 0.668. The van der Waals surface area contributed by atoms with E-state index in [-0.39, 0.29) is 12.0 Å². The zero-order chi connectivity index (χ0) is 13.8. The maximum atomic E-state index is 13.1. The molecule has 3 nitrogen and oxygen atoms in total. The minimum absolute atomic E-state index is 0.0743. The van der Waals surface area contributed by atoms with Gasteiger partial charge in [-0.2, -0.15) is 13.2 Å². The summed E-state index contributed by atoms with van der Waals surface area (Å²) in [6.45, 7) is -0.454. The highest BCUT2D eigenvalue weighted by Crippen LogP contribution is 2.46. The molecule has 0 aliphatic rings. The number of alkyl halides is 3. The molecule has 0 fully saturated rings. The van der Waals surface area contributed by atoms with Crippen molar-refractivity contribution < 1.29 is 31.5 Å². The number of rotatable bonds is 5. The van der Waals surface area contributed by atoms with E-state index >= 15 is 0 Å². The van der Waals surface area contributed by atoms with E-state index in [0.717, 1.165) is 0 Å². The van der Waals surface area contributed by atoms with Crippen LogP contribution in [0.15, 0.2) is 24.3 Å². The average Bonchev–Trinajstić information content (AvgIpc) is 2.17. The summed E-state index contributed by atoms with van der Waals surface area (Å²) < 4.78 is 64.1. The monoisotopic (exact) mass is 286 g/mol. The van der Waals surface area contributed by atoms with Crippen molar-refractivity contribution >= 4 is 7.60 Å². The summed E-state index contributed by atoms with van der Waals surface area (Å²) in [6, 6.07) is 5.61. The lowest BCUT2D eigenvalue weighted by atomic mass is 10.1. The molecule has 1 atom stereocenters. The van der Waals surface area contributed by atoms with Crippen LogP contribution in [-0.4, -0.2) is 23.8 Å². The van der Waals surface area contributed by atoms with Gasteiger partial charge >= 0.3 is 13.8 Å². The summed E-state index contributed by atoms with van der Waals surface area (Å²) in [5.74, 6) is -0.537. The molecule has 1 N–H and O–H groups in total. The highest BCUT2D eigenvalue weighted by molar-refractivity contribution is 7.52. The average molecular weight is 286 g/mol. The van der Waals surface area contributed by atoms with Crippen LogP contribution in [0.3, 0.4) is 0 Å². The second-order valence-electron chi connectivity index (χ2n) is 3.59. The van der Waals surface area contributed by atoms with E-state index in [1.165, 1.54) is 18.2 Å². The van der Waals surface area contributed by atoms with Gasteiger partial charge in [-0.25, -0.2) is 4.39 Å². The first-order valence-electron chi connectivity index (χ1n) is 4.96. The van der Waals surface area contributed by atoms with Crippen molar-refractivity contribution in [2.24, 2.45) is 0 Å². The lowest BCUT2D eigenvalue weighted by Crippen LogP contribution is -2.16. The molecular formula is C10H11F4O3P. The number of hydrogen-bond donors (Lipinski definition) is 1. The van der Waals surface area contributed by atoms with Gasteiger partial charge in [0.1, 0.15) is 12.0 Å². The van der Waals surface area contributed by atoms with Crippen LogP contribution in [-0.2, 0) is 15.5 Å². The first kappa shape index (κ1) is 15.1. The van der Waals surface area contributed by atoms with E-state index in [0.29, 0.717) is 0 Å². The highest BCUT2D eigenvalue weighted by atomic mass is 31.2. The minimum atomic E-state index is -4.78. The Balaban J connectivity index is 2.47. The van der Waals surface area contributed by atoms with E-state index < -0.39 is 32.4 Å². The largest absolute Gasteiger partial charge is 0.400 e. The Morgan fingerprint density at radius 1 is 1.28 bits per heavy atom. The first-order valence-corrected chi connectivity index (χ1v) is 6.72. The second kappa shape index (κ2) is 5.82. The van der Waals surface area contributed by atoms with Crippen molar-refractivity contribution in [2.75, 3.05) is 12.8 Å². The fourth-order valence-corrected chi connectivity index (χ4v) is 2.19. The smallest absolute Gasteiger partial charge is 0.324 e. The third kappa shape index (κ3) is 5.62. The number of halogens is 4. The molecule has 0 heterocycles. The third-order valence-corrected chi connectivity index (χ3v) is 3.35. The molecule has 0 aromatic heterocycles. The molecule has 102 valence electrons. The maximum Gasteiger partial charge on any atom is 0.400 e. The van der Waals surface area contributed by atoms with Gasteiger partial charge in [0.15, 0.2) is 0 Å².